The van der Waals surface area contributed by atoms with Crippen molar-refractivity contribution in [2.75, 3.05) is 6.61 Å². The molecule has 3 N–H and O–H groups in total. The number of fused-ring (bicyclic) bond motifs is 1. The molecule has 3 heteroatoms. The van der Waals surface area contributed by atoms with Crippen LogP contribution in [0.25, 0.3) is 0 Å². The van der Waals surface area contributed by atoms with E-state index in [9.17, 15) is 5.11 Å². The molecule has 0 bridgehead atoms. The summed E-state index contributed by atoms with van der Waals surface area (Å²) in [6.07, 6.45) is 0. The first-order valence-electron chi connectivity index (χ1n) is 3.92. The van der Waals surface area contributed by atoms with E-state index in [0.717, 1.165) is 11.1 Å². The Balaban J connectivity index is 2.46. The van der Waals surface area contributed by atoms with Gasteiger partial charge in [0.05, 0.1) is 19.3 Å². The van der Waals surface area contributed by atoms with Crippen molar-refractivity contribution in [2.45, 2.75) is 12.6 Å². The zero-order valence-corrected chi connectivity index (χ0v) is 6.66. The van der Waals surface area contributed by atoms with Crippen LogP contribution in [0, 0.1) is 0 Å². The third kappa shape index (κ3) is 1.17. The SMILES string of the molecule is N[C@@H]1COCc2cc(O)ccc21. The lowest BCUT2D eigenvalue weighted by molar-refractivity contribution is 0.0922. The Morgan fingerprint density at radius 2 is 2.33 bits per heavy atom. The Morgan fingerprint density at radius 3 is 3.17 bits per heavy atom. The molecule has 64 valence electrons. The van der Waals surface area contributed by atoms with Gasteiger partial charge in [-0.2, -0.15) is 0 Å². The minimum atomic E-state index is -0.0469. The third-order valence-electron chi connectivity index (χ3n) is 2.08. The van der Waals surface area contributed by atoms with Gasteiger partial charge in [-0.05, 0) is 23.3 Å². The van der Waals surface area contributed by atoms with Gasteiger partial charge < -0.3 is 15.6 Å². The van der Waals surface area contributed by atoms with Gasteiger partial charge in [0.2, 0.25) is 0 Å². The van der Waals surface area contributed by atoms with E-state index in [-0.39, 0.29) is 11.8 Å². The van der Waals surface area contributed by atoms with Gasteiger partial charge in [-0.25, -0.2) is 0 Å². The lowest BCUT2D eigenvalue weighted by Crippen LogP contribution is -2.23. The molecule has 0 aliphatic carbocycles. The highest BCUT2D eigenvalue weighted by Crippen LogP contribution is 2.25. The maximum absolute atomic E-state index is 9.18. The van der Waals surface area contributed by atoms with Crippen molar-refractivity contribution >= 4 is 0 Å². The van der Waals surface area contributed by atoms with E-state index in [1.165, 1.54) is 0 Å². The molecule has 1 aromatic carbocycles. The van der Waals surface area contributed by atoms with Gasteiger partial charge in [0, 0.05) is 0 Å². The van der Waals surface area contributed by atoms with E-state index in [2.05, 4.69) is 0 Å². The molecule has 0 radical (unpaired) electrons. The minimum absolute atomic E-state index is 0.0469. The maximum atomic E-state index is 9.18. The van der Waals surface area contributed by atoms with Crippen LogP contribution >= 0.6 is 0 Å². The number of phenolic OH excluding ortho intramolecular Hbond substituents is 1. The normalized spacial score (nSPS) is 21.9. The van der Waals surface area contributed by atoms with Gasteiger partial charge in [0.25, 0.3) is 0 Å². The summed E-state index contributed by atoms with van der Waals surface area (Å²) < 4.78 is 5.23. The number of phenols is 1. The van der Waals surface area contributed by atoms with Crippen molar-refractivity contribution in [3.63, 3.8) is 0 Å². The van der Waals surface area contributed by atoms with Crippen molar-refractivity contribution in [3.05, 3.63) is 29.3 Å². The standard InChI is InChI=1S/C9H11NO2/c10-9-5-12-4-6-3-7(11)1-2-8(6)9/h1-3,9,11H,4-5,10H2/t9-/m1/s1. The summed E-state index contributed by atoms with van der Waals surface area (Å²) in [6, 6.07) is 5.17. The Morgan fingerprint density at radius 1 is 1.50 bits per heavy atom. The van der Waals surface area contributed by atoms with Crippen LogP contribution in [0.4, 0.5) is 0 Å². The molecule has 1 atom stereocenters. The summed E-state index contributed by atoms with van der Waals surface area (Å²) in [7, 11) is 0. The lowest BCUT2D eigenvalue weighted by atomic mass is 9.99. The fourth-order valence-corrected chi connectivity index (χ4v) is 1.46. The first-order chi connectivity index (χ1) is 5.77. The van der Waals surface area contributed by atoms with Crippen molar-refractivity contribution in [2.24, 2.45) is 5.73 Å². The van der Waals surface area contributed by atoms with Crippen LogP contribution in [0.2, 0.25) is 0 Å². The topological polar surface area (TPSA) is 55.5 Å². The molecule has 2 rings (SSSR count). The van der Waals surface area contributed by atoms with Crippen LogP contribution in [0.3, 0.4) is 0 Å². The third-order valence-corrected chi connectivity index (χ3v) is 2.08. The Hall–Kier alpha value is -1.06. The molecule has 3 nitrogen and oxygen atoms in total. The first kappa shape index (κ1) is 7.58. The zero-order chi connectivity index (χ0) is 8.55. The van der Waals surface area contributed by atoms with Crippen molar-refractivity contribution in [1.82, 2.24) is 0 Å². The van der Waals surface area contributed by atoms with E-state index in [1.54, 1.807) is 12.1 Å². The molecular formula is C9H11NO2. The predicted octanol–water partition coefficient (Wildman–Crippen LogP) is 0.922. The zero-order valence-electron chi connectivity index (χ0n) is 6.66. The van der Waals surface area contributed by atoms with E-state index < -0.39 is 0 Å². The van der Waals surface area contributed by atoms with Gasteiger partial charge in [-0.3, -0.25) is 0 Å². The van der Waals surface area contributed by atoms with Crippen LogP contribution < -0.4 is 5.73 Å². The van der Waals surface area contributed by atoms with Gasteiger partial charge in [0.15, 0.2) is 0 Å². The van der Waals surface area contributed by atoms with Gasteiger partial charge in [-0.15, -0.1) is 0 Å². The smallest absolute Gasteiger partial charge is 0.115 e. The Bertz CT molecular complexity index is 299. The fraction of sp³-hybridized carbons (Fsp3) is 0.333. The summed E-state index contributed by atoms with van der Waals surface area (Å²) in [6.45, 7) is 1.12. The molecule has 1 aromatic rings. The quantitative estimate of drug-likeness (QED) is 0.601. The van der Waals surface area contributed by atoms with Crippen molar-refractivity contribution < 1.29 is 9.84 Å². The number of hydrogen-bond acceptors (Lipinski definition) is 3. The number of aromatic hydroxyl groups is 1. The first-order valence-corrected chi connectivity index (χ1v) is 3.92. The van der Waals surface area contributed by atoms with E-state index >= 15 is 0 Å². The van der Waals surface area contributed by atoms with Crippen molar-refractivity contribution in [3.8, 4) is 5.75 Å². The molecule has 1 heterocycles. The second-order valence-electron chi connectivity index (χ2n) is 3.00. The molecular weight excluding hydrogens is 154 g/mol. The molecule has 0 fully saturated rings. The van der Waals surface area contributed by atoms with Crippen LogP contribution in [0.15, 0.2) is 18.2 Å². The van der Waals surface area contributed by atoms with E-state index in [4.69, 9.17) is 10.5 Å². The fourth-order valence-electron chi connectivity index (χ4n) is 1.46. The minimum Gasteiger partial charge on any atom is -0.508 e. The summed E-state index contributed by atoms with van der Waals surface area (Å²) in [5, 5.41) is 9.18. The summed E-state index contributed by atoms with van der Waals surface area (Å²) in [5.41, 5.74) is 7.87. The molecule has 0 saturated heterocycles. The van der Waals surface area contributed by atoms with Gasteiger partial charge in [-0.1, -0.05) is 6.07 Å². The van der Waals surface area contributed by atoms with Crippen molar-refractivity contribution in [1.29, 1.82) is 0 Å². The number of nitrogens with two attached hydrogens (primary N) is 1. The number of rotatable bonds is 0. The van der Waals surface area contributed by atoms with Crippen LogP contribution in [-0.2, 0) is 11.3 Å². The molecule has 0 aromatic heterocycles. The molecule has 0 saturated carbocycles. The predicted molar refractivity (Wildman–Crippen MR) is 44.7 cm³/mol. The molecule has 1 aliphatic rings. The highest BCUT2D eigenvalue weighted by atomic mass is 16.5. The van der Waals surface area contributed by atoms with Gasteiger partial charge >= 0.3 is 0 Å². The highest BCUT2D eigenvalue weighted by molar-refractivity contribution is 5.37. The Kier molecular flexibility index (Phi) is 1.75. The summed E-state index contributed by atoms with van der Waals surface area (Å²) in [4.78, 5) is 0. The number of ether oxygens (including phenoxy) is 1. The second-order valence-corrected chi connectivity index (χ2v) is 3.00. The Labute approximate surface area is 70.8 Å². The van der Waals surface area contributed by atoms with E-state index in [1.807, 2.05) is 6.07 Å². The molecule has 0 amide bonds. The summed E-state index contributed by atoms with van der Waals surface area (Å²) >= 11 is 0. The van der Waals surface area contributed by atoms with E-state index in [0.29, 0.717) is 13.2 Å². The summed E-state index contributed by atoms with van der Waals surface area (Å²) in [5.74, 6) is 0.270. The maximum Gasteiger partial charge on any atom is 0.115 e. The van der Waals surface area contributed by atoms with Crippen LogP contribution in [-0.4, -0.2) is 11.7 Å². The largest absolute Gasteiger partial charge is 0.508 e. The van der Waals surface area contributed by atoms with Crippen LogP contribution in [0.5, 0.6) is 5.75 Å². The molecule has 1 aliphatic heterocycles. The molecule has 0 unspecified atom stereocenters. The van der Waals surface area contributed by atoms with Gasteiger partial charge in [0.1, 0.15) is 5.75 Å². The number of benzene rings is 1. The second kappa shape index (κ2) is 2.77. The molecule has 12 heavy (non-hydrogen) atoms. The average molecular weight is 165 g/mol. The molecule has 0 spiro atoms. The number of hydrogen-bond donors (Lipinski definition) is 2. The van der Waals surface area contributed by atoms with Crippen LogP contribution in [0.1, 0.15) is 17.2 Å². The highest BCUT2D eigenvalue weighted by Gasteiger charge is 2.16. The average Bonchev–Trinajstić information content (AvgIpc) is 2.04. The monoisotopic (exact) mass is 165 g/mol. The lowest BCUT2D eigenvalue weighted by Gasteiger charge is -2.22.